The number of nitrogens with zero attached hydrogens (tertiary/aromatic N) is 2. The lowest BCUT2D eigenvalue weighted by atomic mass is 10.1. The first-order valence-corrected chi connectivity index (χ1v) is 5.86. The van der Waals surface area contributed by atoms with Crippen molar-refractivity contribution in [2.45, 2.75) is 26.0 Å². The lowest BCUT2D eigenvalue weighted by Gasteiger charge is -2.38. The monoisotopic (exact) mass is 272 g/mol. The van der Waals surface area contributed by atoms with Gasteiger partial charge in [0.15, 0.2) is 0 Å². The number of halogens is 1. The van der Waals surface area contributed by atoms with Crippen LogP contribution in [0.5, 0.6) is 0 Å². The number of aliphatic hydroxyl groups is 1. The zero-order chi connectivity index (χ0) is 11.3. The molecule has 2 rings (SSSR count). The number of hydrogen-bond donors (Lipinski definition) is 1. The van der Waals surface area contributed by atoms with Gasteiger partial charge in [0.2, 0.25) is 0 Å². The molecule has 0 spiro atoms. The fourth-order valence-electron chi connectivity index (χ4n) is 1.25. The number of β-amino-alcohol motifs (C(OH)–C–C–N with tert-alkyl or cyclic N) is 1. The van der Waals surface area contributed by atoms with Gasteiger partial charge < -0.3 is 5.11 Å². The van der Waals surface area contributed by atoms with E-state index in [4.69, 9.17) is 5.11 Å². The third-order valence-electron chi connectivity index (χ3n) is 2.25. The highest BCUT2D eigenvalue weighted by Gasteiger charge is 2.25. The van der Waals surface area contributed by atoms with Gasteiger partial charge in [0.25, 0.3) is 0 Å². The van der Waals surface area contributed by atoms with E-state index < -0.39 is 0 Å². The maximum absolute atomic E-state index is 8.83. The average Bonchev–Trinajstić information content (AvgIpc) is 2.15. The van der Waals surface area contributed by atoms with E-state index in [1.807, 2.05) is 12.1 Å². The minimum absolute atomic E-state index is 0.0441. The molecule has 0 bridgehead atoms. The zero-order valence-electron chi connectivity index (χ0n) is 9.10. The molecule has 1 aliphatic heterocycles. The highest BCUT2D eigenvalue weighted by Crippen LogP contribution is 2.10. The van der Waals surface area contributed by atoms with Gasteiger partial charge in [-0.2, -0.15) is 0 Å². The SMILES string of the molecule is Brc1cccnc1.CC(C)N1CC(O)C1. The van der Waals surface area contributed by atoms with Crippen molar-refractivity contribution in [2.75, 3.05) is 13.1 Å². The smallest absolute Gasteiger partial charge is 0.0794 e. The van der Waals surface area contributed by atoms with Gasteiger partial charge in [0, 0.05) is 36.0 Å². The maximum atomic E-state index is 8.83. The third-order valence-corrected chi connectivity index (χ3v) is 2.72. The first-order valence-electron chi connectivity index (χ1n) is 5.07. The molecule has 0 unspecified atom stereocenters. The first-order chi connectivity index (χ1) is 7.09. The number of rotatable bonds is 1. The molecule has 1 N–H and O–H groups in total. The topological polar surface area (TPSA) is 36.4 Å². The summed E-state index contributed by atoms with van der Waals surface area (Å²) < 4.78 is 1.02. The van der Waals surface area contributed by atoms with Crippen molar-refractivity contribution in [3.05, 3.63) is 29.0 Å². The van der Waals surface area contributed by atoms with Crippen LogP contribution in [0, 0.1) is 0 Å². The Hall–Kier alpha value is -0.450. The van der Waals surface area contributed by atoms with Crippen molar-refractivity contribution in [3.63, 3.8) is 0 Å². The molecule has 3 nitrogen and oxygen atoms in total. The minimum atomic E-state index is -0.0441. The highest BCUT2D eigenvalue weighted by atomic mass is 79.9. The van der Waals surface area contributed by atoms with Crippen molar-refractivity contribution in [1.82, 2.24) is 9.88 Å². The molecule has 0 radical (unpaired) electrons. The Bertz CT molecular complexity index is 273. The Balaban J connectivity index is 0.000000151. The second-order valence-corrected chi connectivity index (χ2v) is 4.79. The van der Waals surface area contributed by atoms with Gasteiger partial charge in [0.1, 0.15) is 0 Å². The largest absolute Gasteiger partial charge is 0.390 e. The molecule has 4 heteroatoms. The fraction of sp³-hybridized carbons (Fsp3) is 0.545. The predicted molar refractivity (Wildman–Crippen MR) is 64.7 cm³/mol. The highest BCUT2D eigenvalue weighted by molar-refractivity contribution is 9.10. The quantitative estimate of drug-likeness (QED) is 0.849. The fourth-order valence-corrected chi connectivity index (χ4v) is 1.52. The van der Waals surface area contributed by atoms with E-state index in [1.54, 1.807) is 12.4 Å². The summed E-state index contributed by atoms with van der Waals surface area (Å²) in [6, 6.07) is 4.43. The van der Waals surface area contributed by atoms with Gasteiger partial charge in [-0.05, 0) is 41.9 Å². The Morgan fingerprint density at radius 3 is 2.40 bits per heavy atom. The molecule has 1 saturated heterocycles. The molecular weight excluding hydrogens is 256 g/mol. The van der Waals surface area contributed by atoms with Crippen molar-refractivity contribution >= 4 is 15.9 Å². The Labute approximate surface area is 99.3 Å². The van der Waals surface area contributed by atoms with E-state index in [1.165, 1.54) is 0 Å². The van der Waals surface area contributed by atoms with Crippen LogP contribution in [0.4, 0.5) is 0 Å². The molecule has 1 fully saturated rings. The van der Waals surface area contributed by atoms with Gasteiger partial charge in [-0.1, -0.05) is 0 Å². The van der Waals surface area contributed by atoms with Gasteiger partial charge >= 0.3 is 0 Å². The van der Waals surface area contributed by atoms with Crippen molar-refractivity contribution in [2.24, 2.45) is 0 Å². The summed E-state index contributed by atoms with van der Waals surface area (Å²) in [5.74, 6) is 0. The molecule has 15 heavy (non-hydrogen) atoms. The molecule has 1 aromatic heterocycles. The molecule has 84 valence electrons. The van der Waals surface area contributed by atoms with Crippen LogP contribution in [-0.4, -0.2) is 40.2 Å². The van der Waals surface area contributed by atoms with Crippen LogP contribution in [0.2, 0.25) is 0 Å². The van der Waals surface area contributed by atoms with E-state index in [2.05, 4.69) is 39.7 Å². The minimum Gasteiger partial charge on any atom is -0.390 e. The Morgan fingerprint density at radius 1 is 1.53 bits per heavy atom. The van der Waals surface area contributed by atoms with Crippen LogP contribution >= 0.6 is 15.9 Å². The molecular formula is C11H17BrN2O. The number of likely N-dealkylation sites (tertiary alicyclic amines) is 1. The van der Waals surface area contributed by atoms with E-state index in [9.17, 15) is 0 Å². The predicted octanol–water partition coefficient (Wildman–Crippen LogP) is 1.92. The summed E-state index contributed by atoms with van der Waals surface area (Å²) in [7, 11) is 0. The Kier molecular flexibility index (Phi) is 5.22. The van der Waals surface area contributed by atoms with Crippen LogP contribution < -0.4 is 0 Å². The lowest BCUT2D eigenvalue weighted by Crippen LogP contribution is -2.53. The van der Waals surface area contributed by atoms with Crippen LogP contribution in [0.1, 0.15) is 13.8 Å². The summed E-state index contributed by atoms with van der Waals surface area (Å²) in [5.41, 5.74) is 0. The number of pyridine rings is 1. The van der Waals surface area contributed by atoms with Crippen molar-refractivity contribution in [3.8, 4) is 0 Å². The normalized spacial score (nSPS) is 16.9. The van der Waals surface area contributed by atoms with Crippen molar-refractivity contribution in [1.29, 1.82) is 0 Å². The molecule has 1 aromatic rings. The number of aromatic nitrogens is 1. The maximum Gasteiger partial charge on any atom is 0.0794 e. The molecule has 0 amide bonds. The number of aliphatic hydroxyl groups excluding tert-OH is 1. The van der Waals surface area contributed by atoms with Gasteiger partial charge in [-0.3, -0.25) is 9.88 Å². The molecule has 0 aromatic carbocycles. The second-order valence-electron chi connectivity index (χ2n) is 3.87. The Morgan fingerprint density at radius 2 is 2.20 bits per heavy atom. The molecule has 0 saturated carbocycles. The summed E-state index contributed by atoms with van der Waals surface area (Å²) >= 11 is 3.25. The molecule has 1 aliphatic rings. The molecule has 0 atom stereocenters. The molecule has 0 aliphatic carbocycles. The summed E-state index contributed by atoms with van der Waals surface area (Å²) in [6.07, 6.45) is 3.45. The second kappa shape index (κ2) is 6.20. The van der Waals surface area contributed by atoms with Crippen LogP contribution in [0.15, 0.2) is 29.0 Å². The van der Waals surface area contributed by atoms with Crippen LogP contribution in [0.3, 0.4) is 0 Å². The third kappa shape index (κ3) is 4.73. The zero-order valence-corrected chi connectivity index (χ0v) is 10.7. The standard InChI is InChI=1S/C6H13NO.C5H4BrN/c1-5(2)7-3-6(8)4-7;6-5-2-1-3-7-4-5/h5-6,8H,3-4H2,1-2H3;1-4H. The van der Waals surface area contributed by atoms with Gasteiger partial charge in [0.05, 0.1) is 6.10 Å². The lowest BCUT2D eigenvalue weighted by molar-refractivity contribution is -0.0161. The van der Waals surface area contributed by atoms with Crippen LogP contribution in [-0.2, 0) is 0 Å². The van der Waals surface area contributed by atoms with Crippen molar-refractivity contribution < 1.29 is 5.11 Å². The van der Waals surface area contributed by atoms with E-state index in [-0.39, 0.29) is 6.10 Å². The first kappa shape index (κ1) is 12.6. The average molecular weight is 273 g/mol. The van der Waals surface area contributed by atoms with Gasteiger partial charge in [-0.15, -0.1) is 0 Å². The van der Waals surface area contributed by atoms with Crippen LogP contribution in [0.25, 0.3) is 0 Å². The molecule has 2 heterocycles. The van der Waals surface area contributed by atoms with E-state index in [0.717, 1.165) is 17.6 Å². The summed E-state index contributed by atoms with van der Waals surface area (Å²) in [4.78, 5) is 6.08. The summed E-state index contributed by atoms with van der Waals surface area (Å²) in [5, 5.41) is 8.83. The van der Waals surface area contributed by atoms with Gasteiger partial charge in [-0.25, -0.2) is 0 Å². The summed E-state index contributed by atoms with van der Waals surface area (Å²) in [6.45, 7) is 6.03. The van der Waals surface area contributed by atoms with E-state index in [0.29, 0.717) is 6.04 Å². The number of hydrogen-bond acceptors (Lipinski definition) is 3. The van der Waals surface area contributed by atoms with E-state index >= 15 is 0 Å².